The summed E-state index contributed by atoms with van der Waals surface area (Å²) in [5.74, 6) is -1.98. The van der Waals surface area contributed by atoms with Crippen LogP contribution in [0.2, 0.25) is 0 Å². The van der Waals surface area contributed by atoms with Crippen LogP contribution >= 0.6 is 11.3 Å². The summed E-state index contributed by atoms with van der Waals surface area (Å²) in [6.45, 7) is 1.57. The van der Waals surface area contributed by atoms with Crippen LogP contribution in [0.3, 0.4) is 0 Å². The lowest BCUT2D eigenvalue weighted by molar-refractivity contribution is -0.137. The first-order valence-electron chi connectivity index (χ1n) is 13.0. The highest BCUT2D eigenvalue weighted by Gasteiger charge is 2.39. The van der Waals surface area contributed by atoms with Crippen molar-refractivity contribution in [3.8, 4) is 17.1 Å². The van der Waals surface area contributed by atoms with Gasteiger partial charge in [0.25, 0.3) is 0 Å². The number of anilines is 2. The molecule has 1 aliphatic heterocycles. The molecule has 15 heteroatoms. The fraction of sp³-hybridized carbons (Fsp3) is 0.444. The van der Waals surface area contributed by atoms with E-state index in [1.165, 1.54) is 7.11 Å². The van der Waals surface area contributed by atoms with E-state index in [0.717, 1.165) is 42.5 Å². The number of nitrogen functional groups attached to an aromatic ring is 1. The molecule has 0 spiro atoms. The normalized spacial score (nSPS) is 20.9. The molecule has 4 aromatic rings. The molecule has 2 aromatic heterocycles. The number of thiazole rings is 1. The lowest BCUT2D eigenvalue weighted by atomic mass is 9.88. The third-order valence-electron chi connectivity index (χ3n) is 7.46. The lowest BCUT2D eigenvalue weighted by Gasteiger charge is -2.39. The van der Waals surface area contributed by atoms with Gasteiger partial charge in [-0.2, -0.15) is 23.1 Å². The van der Waals surface area contributed by atoms with Crippen molar-refractivity contribution in [3.05, 3.63) is 35.4 Å². The van der Waals surface area contributed by atoms with Gasteiger partial charge in [-0.1, -0.05) is 11.3 Å². The highest BCUT2D eigenvalue weighted by atomic mass is 32.1. The monoisotopic (exact) mass is 614 g/mol. The van der Waals surface area contributed by atoms with Crippen molar-refractivity contribution in [1.29, 1.82) is 0 Å². The number of aliphatic hydroxyl groups is 1. The number of nitrogens with zero attached hydrogens (tertiary/aromatic N) is 5. The number of rotatable bonds is 4. The minimum Gasteiger partial charge on any atom is -0.467 e. The SMILES string of the molecule is CN1CCC(F)C1.COc1nc(N(C)C2CC(O)C2)c2cc(C(F)(F)F)c(-c3ccc(F)c4sc(N)nc34)c(F)c2n1. The van der Waals surface area contributed by atoms with Crippen LogP contribution in [0.4, 0.5) is 37.3 Å². The van der Waals surface area contributed by atoms with Crippen LogP contribution in [0.25, 0.3) is 32.2 Å². The Balaban J connectivity index is 0.000000442. The summed E-state index contributed by atoms with van der Waals surface area (Å²) in [6, 6.07) is 2.31. The fourth-order valence-electron chi connectivity index (χ4n) is 5.16. The first-order valence-corrected chi connectivity index (χ1v) is 13.8. The highest BCUT2D eigenvalue weighted by Crippen LogP contribution is 2.46. The zero-order chi connectivity index (χ0) is 30.5. The van der Waals surface area contributed by atoms with E-state index in [9.17, 15) is 27.1 Å². The van der Waals surface area contributed by atoms with Crippen molar-refractivity contribution in [1.82, 2.24) is 19.9 Å². The number of hydrogen-bond acceptors (Lipinski definition) is 9. The molecular formula is C27H28F6N6O2S. The van der Waals surface area contributed by atoms with E-state index in [-0.39, 0.29) is 44.2 Å². The van der Waals surface area contributed by atoms with Gasteiger partial charge in [-0.25, -0.2) is 18.2 Å². The van der Waals surface area contributed by atoms with Gasteiger partial charge < -0.3 is 25.4 Å². The molecule has 2 aliphatic rings. The molecule has 1 saturated heterocycles. The second-order valence-electron chi connectivity index (χ2n) is 10.4. The molecule has 2 aromatic carbocycles. The molecule has 1 unspecified atom stereocenters. The van der Waals surface area contributed by atoms with E-state index >= 15 is 4.39 Å². The Morgan fingerprint density at radius 2 is 1.86 bits per heavy atom. The molecule has 42 heavy (non-hydrogen) atoms. The predicted molar refractivity (Wildman–Crippen MR) is 148 cm³/mol. The molecular weight excluding hydrogens is 586 g/mol. The molecule has 0 radical (unpaired) electrons. The summed E-state index contributed by atoms with van der Waals surface area (Å²) in [6.07, 6.45) is -4.56. The number of benzene rings is 2. The number of aromatic nitrogens is 3. The number of likely N-dealkylation sites (tertiary alicyclic amines) is 1. The van der Waals surface area contributed by atoms with Crippen LogP contribution < -0.4 is 15.4 Å². The van der Waals surface area contributed by atoms with Crippen molar-refractivity contribution in [2.75, 3.05) is 44.9 Å². The molecule has 226 valence electrons. The van der Waals surface area contributed by atoms with Gasteiger partial charge in [0, 0.05) is 42.7 Å². The van der Waals surface area contributed by atoms with Crippen molar-refractivity contribution >= 4 is 43.4 Å². The standard InChI is InChI=1S/C22H18F5N5O2S.C5H10FN/c1-32(8-5-9(33)6-8)19-11-7-12(22(25,26)27)14(15(24)16(11)30-21(31-19)34-2)10-3-4-13(23)18-17(10)29-20(28)35-18;1-7-3-2-5(6)4-7/h3-4,7-9,33H,5-6H2,1-2H3,(H2,28,29);5H,2-4H2,1H3. The van der Waals surface area contributed by atoms with Gasteiger partial charge in [0.2, 0.25) is 0 Å². The first kappa shape index (κ1) is 30.0. The highest BCUT2D eigenvalue weighted by molar-refractivity contribution is 7.22. The van der Waals surface area contributed by atoms with E-state index in [2.05, 4.69) is 15.0 Å². The minimum absolute atomic E-state index is 0.0295. The Morgan fingerprint density at radius 3 is 2.40 bits per heavy atom. The quantitative estimate of drug-likeness (QED) is 0.295. The van der Waals surface area contributed by atoms with Crippen LogP contribution in [0.5, 0.6) is 6.01 Å². The topological polar surface area (TPSA) is 101 Å². The van der Waals surface area contributed by atoms with Gasteiger partial charge in [-0.05, 0) is 44.5 Å². The Bertz CT molecular complexity index is 1620. The number of halogens is 6. The van der Waals surface area contributed by atoms with E-state index < -0.39 is 46.7 Å². The van der Waals surface area contributed by atoms with Crippen LogP contribution in [0.1, 0.15) is 24.8 Å². The second kappa shape index (κ2) is 11.3. The van der Waals surface area contributed by atoms with Crippen LogP contribution in [0, 0.1) is 11.6 Å². The molecule has 0 amide bonds. The second-order valence-corrected chi connectivity index (χ2v) is 11.4. The fourth-order valence-corrected chi connectivity index (χ4v) is 5.93. The zero-order valence-corrected chi connectivity index (χ0v) is 23.7. The van der Waals surface area contributed by atoms with E-state index in [0.29, 0.717) is 19.4 Å². The maximum Gasteiger partial charge on any atom is 0.417 e. The summed E-state index contributed by atoms with van der Waals surface area (Å²) < 4.78 is 90.4. The molecule has 8 nitrogen and oxygen atoms in total. The van der Waals surface area contributed by atoms with Crippen LogP contribution in [-0.4, -0.2) is 77.6 Å². The third-order valence-corrected chi connectivity index (χ3v) is 8.36. The molecule has 3 heterocycles. The summed E-state index contributed by atoms with van der Waals surface area (Å²) in [4.78, 5) is 15.7. The lowest BCUT2D eigenvalue weighted by Crippen LogP contribution is -2.45. The first-order chi connectivity index (χ1) is 19.8. The number of alkyl halides is 4. The molecule has 1 atom stereocenters. The maximum atomic E-state index is 16.0. The van der Waals surface area contributed by atoms with E-state index in [4.69, 9.17) is 10.5 Å². The number of aliphatic hydroxyl groups excluding tert-OH is 1. The van der Waals surface area contributed by atoms with Crippen LogP contribution in [0.15, 0.2) is 18.2 Å². The number of ether oxygens (including phenoxy) is 1. The predicted octanol–water partition coefficient (Wildman–Crippen LogP) is 5.41. The third kappa shape index (κ3) is 5.64. The average Bonchev–Trinajstić information content (AvgIpc) is 3.50. The number of fused-ring (bicyclic) bond motifs is 2. The molecule has 0 bridgehead atoms. The Labute approximate surface area is 240 Å². The average molecular weight is 615 g/mol. The Morgan fingerprint density at radius 1 is 1.14 bits per heavy atom. The van der Waals surface area contributed by atoms with E-state index in [1.54, 1.807) is 11.9 Å². The maximum absolute atomic E-state index is 16.0. The summed E-state index contributed by atoms with van der Waals surface area (Å²) in [5, 5.41) is 9.41. The number of nitrogens with two attached hydrogens (primary N) is 1. The number of methoxy groups -OCH3 is 1. The smallest absolute Gasteiger partial charge is 0.417 e. The van der Waals surface area contributed by atoms with E-state index in [1.807, 2.05) is 11.9 Å². The van der Waals surface area contributed by atoms with Gasteiger partial charge >= 0.3 is 12.2 Å². The molecule has 1 saturated carbocycles. The minimum atomic E-state index is -4.98. The van der Waals surface area contributed by atoms with Gasteiger partial charge in [-0.3, -0.25) is 0 Å². The Hall–Kier alpha value is -3.43. The van der Waals surface area contributed by atoms with Crippen molar-refractivity contribution in [3.63, 3.8) is 0 Å². The summed E-state index contributed by atoms with van der Waals surface area (Å²) in [7, 11) is 4.79. The molecule has 3 N–H and O–H groups in total. The van der Waals surface area contributed by atoms with Crippen molar-refractivity contribution in [2.24, 2.45) is 0 Å². The zero-order valence-electron chi connectivity index (χ0n) is 22.8. The molecule has 2 fully saturated rings. The van der Waals surface area contributed by atoms with Crippen LogP contribution in [-0.2, 0) is 6.18 Å². The van der Waals surface area contributed by atoms with Crippen molar-refractivity contribution in [2.45, 2.75) is 43.8 Å². The van der Waals surface area contributed by atoms with Gasteiger partial charge in [0.1, 0.15) is 23.3 Å². The van der Waals surface area contributed by atoms with Crippen molar-refractivity contribution < 1.29 is 36.2 Å². The van der Waals surface area contributed by atoms with Gasteiger partial charge in [-0.15, -0.1) is 0 Å². The largest absolute Gasteiger partial charge is 0.467 e. The molecule has 1 aliphatic carbocycles. The van der Waals surface area contributed by atoms with Gasteiger partial charge in [0.15, 0.2) is 10.9 Å². The number of hydrogen-bond donors (Lipinski definition) is 2. The summed E-state index contributed by atoms with van der Waals surface area (Å²) in [5.41, 5.74) is 2.70. The molecule has 6 rings (SSSR count). The van der Waals surface area contributed by atoms with Gasteiger partial charge in [0.05, 0.1) is 29.0 Å². The summed E-state index contributed by atoms with van der Waals surface area (Å²) >= 11 is 0.750. The Kier molecular flexibility index (Phi) is 8.11.